The van der Waals surface area contributed by atoms with E-state index in [4.69, 9.17) is 5.73 Å². The van der Waals surface area contributed by atoms with Gasteiger partial charge in [-0.25, -0.2) is 0 Å². The first-order chi connectivity index (χ1) is 7.54. The van der Waals surface area contributed by atoms with Gasteiger partial charge in [0.05, 0.1) is 5.56 Å². The lowest BCUT2D eigenvalue weighted by Crippen LogP contribution is -2.36. The summed E-state index contributed by atoms with van der Waals surface area (Å²) in [5, 5.41) is 2.82. The third-order valence-corrected chi connectivity index (χ3v) is 3.11. The van der Waals surface area contributed by atoms with Crippen LogP contribution in [0.15, 0.2) is 22.7 Å². The highest BCUT2D eigenvalue weighted by Crippen LogP contribution is 2.17. The van der Waals surface area contributed by atoms with Gasteiger partial charge in [0.1, 0.15) is 0 Å². The number of carbonyl (C=O) groups excluding carboxylic acids is 1. The summed E-state index contributed by atoms with van der Waals surface area (Å²) < 4.78 is 0.806. The molecule has 0 heterocycles. The summed E-state index contributed by atoms with van der Waals surface area (Å²) in [7, 11) is 0. The zero-order chi connectivity index (χ0) is 12.1. The Bertz CT molecular complexity index is 379. The van der Waals surface area contributed by atoms with E-state index in [1.807, 2.05) is 32.0 Å². The molecule has 0 spiro atoms. The predicted octanol–water partition coefficient (Wildman–Crippen LogP) is 2.22. The number of carbonyl (C=O) groups is 1. The molecule has 0 aliphatic rings. The molecule has 88 valence electrons. The second kappa shape index (κ2) is 6.01. The lowest BCUT2D eigenvalue weighted by Gasteiger charge is -2.11. The molecule has 0 fully saturated rings. The van der Waals surface area contributed by atoms with Gasteiger partial charge in [-0.2, -0.15) is 0 Å². The average Bonchev–Trinajstić information content (AvgIpc) is 2.28. The molecule has 16 heavy (non-hydrogen) atoms. The Hall–Kier alpha value is -0.870. The van der Waals surface area contributed by atoms with E-state index in [-0.39, 0.29) is 11.9 Å². The predicted molar refractivity (Wildman–Crippen MR) is 69.5 cm³/mol. The van der Waals surface area contributed by atoms with Crippen LogP contribution >= 0.6 is 15.9 Å². The molecule has 1 aromatic carbocycles. The highest BCUT2D eigenvalue weighted by Gasteiger charge is 2.10. The normalized spacial score (nSPS) is 12.2. The molecule has 0 saturated carbocycles. The fourth-order valence-electron chi connectivity index (χ4n) is 1.28. The van der Waals surface area contributed by atoms with Gasteiger partial charge in [-0.1, -0.05) is 18.6 Å². The minimum atomic E-state index is -0.0838. The Morgan fingerprint density at radius 2 is 2.25 bits per heavy atom. The van der Waals surface area contributed by atoms with E-state index < -0.39 is 0 Å². The maximum Gasteiger partial charge on any atom is 0.252 e. The number of hydrogen-bond donors (Lipinski definition) is 2. The van der Waals surface area contributed by atoms with Crippen molar-refractivity contribution in [2.24, 2.45) is 5.73 Å². The standard InChI is InChI=1S/C12H17BrN2O/c1-3-9(14)7-15-12(16)10-6-8(2)4-5-11(10)13/h4-6,9H,3,7,14H2,1-2H3,(H,15,16). The van der Waals surface area contributed by atoms with Crippen LogP contribution in [-0.2, 0) is 0 Å². The van der Waals surface area contributed by atoms with E-state index in [2.05, 4.69) is 21.2 Å². The minimum Gasteiger partial charge on any atom is -0.350 e. The first kappa shape index (κ1) is 13.2. The van der Waals surface area contributed by atoms with Crippen LogP contribution in [0.5, 0.6) is 0 Å². The number of nitrogens with one attached hydrogen (secondary N) is 1. The van der Waals surface area contributed by atoms with Crippen molar-refractivity contribution in [3.63, 3.8) is 0 Å². The molecule has 3 N–H and O–H groups in total. The molecule has 1 rings (SSSR count). The van der Waals surface area contributed by atoms with E-state index in [0.29, 0.717) is 12.1 Å². The highest BCUT2D eigenvalue weighted by molar-refractivity contribution is 9.10. The fourth-order valence-corrected chi connectivity index (χ4v) is 1.70. The quantitative estimate of drug-likeness (QED) is 0.891. The molecule has 4 heteroatoms. The first-order valence-corrected chi connectivity index (χ1v) is 6.13. The monoisotopic (exact) mass is 284 g/mol. The number of aryl methyl sites for hydroxylation is 1. The second-order valence-electron chi connectivity index (χ2n) is 3.86. The summed E-state index contributed by atoms with van der Waals surface area (Å²) in [6.45, 7) is 4.47. The van der Waals surface area contributed by atoms with Crippen molar-refractivity contribution in [2.45, 2.75) is 26.3 Å². The van der Waals surface area contributed by atoms with Crippen LogP contribution in [0.4, 0.5) is 0 Å². The van der Waals surface area contributed by atoms with Crippen LogP contribution in [0.1, 0.15) is 29.3 Å². The van der Waals surface area contributed by atoms with Gasteiger partial charge in [-0.05, 0) is 41.4 Å². The molecule has 0 bridgehead atoms. The van der Waals surface area contributed by atoms with Gasteiger partial charge in [-0.15, -0.1) is 0 Å². The van der Waals surface area contributed by atoms with Gasteiger partial charge < -0.3 is 11.1 Å². The minimum absolute atomic E-state index is 0.0209. The summed E-state index contributed by atoms with van der Waals surface area (Å²) in [6, 6.07) is 5.71. The second-order valence-corrected chi connectivity index (χ2v) is 4.72. The molecule has 0 aliphatic heterocycles. The van der Waals surface area contributed by atoms with Crippen LogP contribution in [-0.4, -0.2) is 18.5 Å². The van der Waals surface area contributed by atoms with Gasteiger partial charge in [0, 0.05) is 17.1 Å². The molecular formula is C12H17BrN2O. The van der Waals surface area contributed by atoms with E-state index in [1.54, 1.807) is 0 Å². The van der Waals surface area contributed by atoms with Crippen molar-refractivity contribution < 1.29 is 4.79 Å². The summed E-state index contributed by atoms with van der Waals surface area (Å²) >= 11 is 3.36. The summed E-state index contributed by atoms with van der Waals surface area (Å²) in [5.41, 5.74) is 7.46. The van der Waals surface area contributed by atoms with Gasteiger partial charge in [-0.3, -0.25) is 4.79 Å². The Morgan fingerprint density at radius 3 is 2.88 bits per heavy atom. The molecule has 0 radical (unpaired) electrons. The topological polar surface area (TPSA) is 55.1 Å². The molecule has 1 unspecified atom stereocenters. The zero-order valence-corrected chi connectivity index (χ0v) is 11.2. The van der Waals surface area contributed by atoms with Crippen molar-refractivity contribution >= 4 is 21.8 Å². The van der Waals surface area contributed by atoms with Crippen LogP contribution in [0.3, 0.4) is 0 Å². The molecule has 3 nitrogen and oxygen atoms in total. The lowest BCUT2D eigenvalue weighted by atomic mass is 10.1. The number of hydrogen-bond acceptors (Lipinski definition) is 2. The maximum absolute atomic E-state index is 11.8. The number of halogens is 1. The van der Waals surface area contributed by atoms with Gasteiger partial charge in [0.25, 0.3) is 5.91 Å². The molecule has 1 atom stereocenters. The Kier molecular flexibility index (Phi) is 4.96. The van der Waals surface area contributed by atoms with Crippen LogP contribution in [0, 0.1) is 6.92 Å². The van der Waals surface area contributed by atoms with E-state index in [9.17, 15) is 4.79 Å². The lowest BCUT2D eigenvalue weighted by molar-refractivity contribution is 0.0950. The third kappa shape index (κ3) is 3.61. The molecule has 1 amide bonds. The summed E-state index contributed by atoms with van der Waals surface area (Å²) in [4.78, 5) is 11.8. The van der Waals surface area contributed by atoms with Gasteiger partial charge in [0.2, 0.25) is 0 Å². The van der Waals surface area contributed by atoms with Crippen LogP contribution in [0.2, 0.25) is 0 Å². The molecule has 0 aliphatic carbocycles. The van der Waals surface area contributed by atoms with E-state index in [0.717, 1.165) is 16.5 Å². The number of amides is 1. The largest absolute Gasteiger partial charge is 0.350 e. The van der Waals surface area contributed by atoms with Crippen molar-refractivity contribution in [3.05, 3.63) is 33.8 Å². The van der Waals surface area contributed by atoms with Crippen molar-refractivity contribution in [2.75, 3.05) is 6.54 Å². The van der Waals surface area contributed by atoms with Gasteiger partial charge in [0.15, 0.2) is 0 Å². The van der Waals surface area contributed by atoms with Crippen molar-refractivity contribution in [3.8, 4) is 0 Å². The van der Waals surface area contributed by atoms with Crippen molar-refractivity contribution in [1.29, 1.82) is 0 Å². The molecule has 0 saturated heterocycles. The van der Waals surface area contributed by atoms with E-state index >= 15 is 0 Å². The SMILES string of the molecule is CCC(N)CNC(=O)c1cc(C)ccc1Br. The maximum atomic E-state index is 11.8. The molecular weight excluding hydrogens is 268 g/mol. The smallest absolute Gasteiger partial charge is 0.252 e. The zero-order valence-electron chi connectivity index (χ0n) is 9.59. The first-order valence-electron chi connectivity index (χ1n) is 5.34. The molecule has 1 aromatic rings. The number of rotatable bonds is 4. The highest BCUT2D eigenvalue weighted by atomic mass is 79.9. The Balaban J connectivity index is 2.69. The number of nitrogens with two attached hydrogens (primary N) is 1. The average molecular weight is 285 g/mol. The Labute approximate surface area is 105 Å². The van der Waals surface area contributed by atoms with Crippen LogP contribution < -0.4 is 11.1 Å². The van der Waals surface area contributed by atoms with Gasteiger partial charge >= 0.3 is 0 Å². The van der Waals surface area contributed by atoms with Crippen molar-refractivity contribution in [1.82, 2.24) is 5.32 Å². The Morgan fingerprint density at radius 1 is 1.56 bits per heavy atom. The number of benzene rings is 1. The fraction of sp³-hybridized carbons (Fsp3) is 0.417. The van der Waals surface area contributed by atoms with Crippen LogP contribution in [0.25, 0.3) is 0 Å². The summed E-state index contributed by atoms with van der Waals surface area (Å²) in [6.07, 6.45) is 0.856. The van der Waals surface area contributed by atoms with E-state index in [1.165, 1.54) is 0 Å². The summed E-state index contributed by atoms with van der Waals surface area (Å²) in [5.74, 6) is -0.0838. The third-order valence-electron chi connectivity index (χ3n) is 2.42. The molecule has 0 aromatic heterocycles.